The molecule has 4 nitrogen and oxygen atoms in total. The van der Waals surface area contributed by atoms with Crippen molar-refractivity contribution in [3.63, 3.8) is 0 Å². The summed E-state index contributed by atoms with van der Waals surface area (Å²) in [4.78, 5) is 8.72. The smallest absolute Gasteiger partial charge is 0.226 e. The monoisotopic (exact) mass is 326 g/mol. The van der Waals surface area contributed by atoms with Crippen molar-refractivity contribution in [2.24, 2.45) is 0 Å². The second-order valence-electron chi connectivity index (χ2n) is 6.13. The third kappa shape index (κ3) is 2.57. The van der Waals surface area contributed by atoms with Crippen molar-refractivity contribution in [3.05, 3.63) is 53.4 Å². The molecule has 2 unspecified atom stereocenters. The molecule has 1 aliphatic rings. The van der Waals surface area contributed by atoms with E-state index in [1.54, 1.807) is 0 Å². The molecule has 3 aromatic rings. The summed E-state index contributed by atoms with van der Waals surface area (Å²) in [6.45, 7) is 0. The van der Waals surface area contributed by atoms with E-state index < -0.39 is 0 Å². The average molecular weight is 327 g/mol. The van der Waals surface area contributed by atoms with Gasteiger partial charge in [0.25, 0.3) is 0 Å². The topological polar surface area (TPSA) is 42.7 Å². The van der Waals surface area contributed by atoms with Crippen molar-refractivity contribution < 1.29 is 0 Å². The molecule has 0 amide bonds. The molecule has 0 spiro atoms. The van der Waals surface area contributed by atoms with Gasteiger partial charge in [0, 0.05) is 19.3 Å². The van der Waals surface area contributed by atoms with Gasteiger partial charge in [0.05, 0.1) is 5.39 Å². The number of rotatable bonds is 3. The Labute approximate surface area is 140 Å². The van der Waals surface area contributed by atoms with E-state index in [9.17, 15) is 0 Å². The molecule has 4 rings (SSSR count). The summed E-state index contributed by atoms with van der Waals surface area (Å²) in [6.07, 6.45) is 5.64. The van der Waals surface area contributed by atoms with Crippen LogP contribution in [0, 0.1) is 0 Å². The van der Waals surface area contributed by atoms with Crippen LogP contribution in [-0.4, -0.2) is 21.6 Å². The predicted octanol–water partition coefficient (Wildman–Crippen LogP) is 4.64. The highest BCUT2D eigenvalue weighted by Crippen LogP contribution is 2.42. The molecule has 2 atom stereocenters. The van der Waals surface area contributed by atoms with Crippen molar-refractivity contribution in [2.75, 3.05) is 12.4 Å². The molecule has 2 aromatic heterocycles. The quantitative estimate of drug-likeness (QED) is 0.713. The van der Waals surface area contributed by atoms with Crippen LogP contribution in [0.2, 0.25) is 5.28 Å². The first-order valence-corrected chi connectivity index (χ1v) is 8.41. The SMILES string of the molecule is CNc1nc(Cl)nc2c1ccn2C1CCC(c2ccccc2)C1. The molecular formula is C18H19ClN4. The highest BCUT2D eigenvalue weighted by Gasteiger charge is 2.28. The molecule has 1 N–H and O–H groups in total. The van der Waals surface area contributed by atoms with Crippen molar-refractivity contribution in [2.45, 2.75) is 31.2 Å². The van der Waals surface area contributed by atoms with Crippen LogP contribution in [0.3, 0.4) is 0 Å². The largest absolute Gasteiger partial charge is 0.372 e. The van der Waals surface area contributed by atoms with Crippen LogP contribution in [-0.2, 0) is 0 Å². The number of nitrogens with one attached hydrogen (secondary N) is 1. The maximum atomic E-state index is 6.09. The summed E-state index contributed by atoms with van der Waals surface area (Å²) < 4.78 is 2.27. The Morgan fingerprint density at radius 3 is 2.74 bits per heavy atom. The molecule has 0 radical (unpaired) electrons. The van der Waals surface area contributed by atoms with E-state index in [2.05, 4.69) is 62.4 Å². The molecule has 0 aliphatic heterocycles. The standard InChI is InChI=1S/C18H19ClN4/c1-20-16-15-9-10-23(17(15)22-18(19)21-16)14-8-7-13(11-14)12-5-3-2-4-6-12/h2-6,9-10,13-14H,7-8,11H2,1H3,(H,20,21,22). The number of anilines is 1. The summed E-state index contributed by atoms with van der Waals surface area (Å²) in [7, 11) is 1.86. The van der Waals surface area contributed by atoms with Gasteiger partial charge in [0.1, 0.15) is 11.5 Å². The van der Waals surface area contributed by atoms with Gasteiger partial charge in [-0.05, 0) is 48.4 Å². The number of hydrogen-bond acceptors (Lipinski definition) is 3. The summed E-state index contributed by atoms with van der Waals surface area (Å²) in [5.74, 6) is 1.41. The Morgan fingerprint density at radius 2 is 1.96 bits per heavy atom. The van der Waals surface area contributed by atoms with E-state index in [1.165, 1.54) is 18.4 Å². The molecule has 0 saturated heterocycles. The summed E-state index contributed by atoms with van der Waals surface area (Å²) >= 11 is 6.09. The van der Waals surface area contributed by atoms with Gasteiger partial charge in [-0.1, -0.05) is 30.3 Å². The molecule has 5 heteroatoms. The van der Waals surface area contributed by atoms with Gasteiger partial charge in [-0.15, -0.1) is 0 Å². The number of nitrogens with zero attached hydrogens (tertiary/aromatic N) is 3. The van der Waals surface area contributed by atoms with Gasteiger partial charge in [-0.25, -0.2) is 4.98 Å². The Balaban J connectivity index is 1.67. The number of benzene rings is 1. The summed E-state index contributed by atoms with van der Waals surface area (Å²) in [6, 6.07) is 13.3. The second-order valence-corrected chi connectivity index (χ2v) is 6.46. The van der Waals surface area contributed by atoms with Crippen LogP contribution in [0.1, 0.15) is 36.8 Å². The lowest BCUT2D eigenvalue weighted by atomic mass is 9.98. The fourth-order valence-electron chi connectivity index (χ4n) is 3.73. The van der Waals surface area contributed by atoms with Gasteiger partial charge in [-0.3, -0.25) is 0 Å². The van der Waals surface area contributed by atoms with Crippen molar-refractivity contribution in [1.82, 2.24) is 14.5 Å². The third-order valence-electron chi connectivity index (χ3n) is 4.85. The molecule has 118 valence electrons. The summed E-state index contributed by atoms with van der Waals surface area (Å²) in [5.41, 5.74) is 2.36. The maximum Gasteiger partial charge on any atom is 0.226 e. The first-order chi connectivity index (χ1) is 11.3. The molecule has 1 fully saturated rings. The number of hydrogen-bond donors (Lipinski definition) is 1. The van der Waals surface area contributed by atoms with E-state index in [1.807, 2.05) is 7.05 Å². The number of halogens is 1. The predicted molar refractivity (Wildman–Crippen MR) is 94.2 cm³/mol. The van der Waals surface area contributed by atoms with E-state index in [0.717, 1.165) is 23.3 Å². The summed E-state index contributed by atoms with van der Waals surface area (Å²) in [5, 5.41) is 4.42. The Bertz CT molecular complexity index is 828. The highest BCUT2D eigenvalue weighted by molar-refractivity contribution is 6.28. The fraction of sp³-hybridized carbons (Fsp3) is 0.333. The lowest BCUT2D eigenvalue weighted by molar-refractivity contribution is 0.523. The zero-order valence-electron chi connectivity index (χ0n) is 13.0. The van der Waals surface area contributed by atoms with Gasteiger partial charge >= 0.3 is 0 Å². The zero-order chi connectivity index (χ0) is 15.8. The lowest BCUT2D eigenvalue weighted by Crippen LogP contribution is -2.06. The lowest BCUT2D eigenvalue weighted by Gasteiger charge is -2.15. The van der Waals surface area contributed by atoms with E-state index in [0.29, 0.717) is 17.2 Å². The molecule has 23 heavy (non-hydrogen) atoms. The van der Waals surface area contributed by atoms with Crippen LogP contribution in [0.5, 0.6) is 0 Å². The minimum Gasteiger partial charge on any atom is -0.372 e. The number of fused-ring (bicyclic) bond motifs is 1. The fourth-order valence-corrected chi connectivity index (χ4v) is 3.89. The first-order valence-electron chi connectivity index (χ1n) is 8.03. The number of aromatic nitrogens is 3. The Hall–Kier alpha value is -2.07. The van der Waals surface area contributed by atoms with Gasteiger partial charge in [0.2, 0.25) is 5.28 Å². The van der Waals surface area contributed by atoms with Crippen molar-refractivity contribution in [1.29, 1.82) is 0 Å². The van der Waals surface area contributed by atoms with Crippen LogP contribution in [0.15, 0.2) is 42.6 Å². The van der Waals surface area contributed by atoms with Crippen LogP contribution in [0.25, 0.3) is 11.0 Å². The molecule has 1 saturated carbocycles. The van der Waals surface area contributed by atoms with Crippen molar-refractivity contribution in [3.8, 4) is 0 Å². The molecule has 1 aromatic carbocycles. The Morgan fingerprint density at radius 1 is 1.13 bits per heavy atom. The van der Waals surface area contributed by atoms with Crippen LogP contribution in [0.4, 0.5) is 5.82 Å². The third-order valence-corrected chi connectivity index (χ3v) is 5.02. The molecule has 1 aliphatic carbocycles. The van der Waals surface area contributed by atoms with Crippen LogP contribution >= 0.6 is 11.6 Å². The minimum atomic E-state index is 0.291. The van der Waals surface area contributed by atoms with Crippen molar-refractivity contribution >= 4 is 28.5 Å². The van der Waals surface area contributed by atoms with Gasteiger partial charge < -0.3 is 9.88 Å². The highest BCUT2D eigenvalue weighted by atomic mass is 35.5. The van der Waals surface area contributed by atoms with E-state index in [4.69, 9.17) is 11.6 Å². The first kappa shape index (κ1) is 14.5. The molecule has 0 bridgehead atoms. The maximum absolute atomic E-state index is 6.09. The Kier molecular flexibility index (Phi) is 3.69. The average Bonchev–Trinajstić information content (AvgIpc) is 3.21. The van der Waals surface area contributed by atoms with Gasteiger partial charge in [0.15, 0.2) is 0 Å². The van der Waals surface area contributed by atoms with E-state index in [-0.39, 0.29) is 0 Å². The zero-order valence-corrected chi connectivity index (χ0v) is 13.8. The van der Waals surface area contributed by atoms with Crippen LogP contribution < -0.4 is 5.32 Å². The van der Waals surface area contributed by atoms with E-state index >= 15 is 0 Å². The normalized spacial score (nSPS) is 21.0. The van der Waals surface area contributed by atoms with Gasteiger partial charge in [-0.2, -0.15) is 4.98 Å². The minimum absolute atomic E-state index is 0.291. The molecular weight excluding hydrogens is 308 g/mol. The molecule has 2 heterocycles. The second kappa shape index (κ2) is 5.85.